The number of hydrazine groups is 1. The summed E-state index contributed by atoms with van der Waals surface area (Å²) in [7, 11) is 0. The number of fused-ring (bicyclic) bond motifs is 2. The molecule has 0 saturated carbocycles. The molecule has 1 aliphatic rings. The fourth-order valence-electron chi connectivity index (χ4n) is 3.11. The maximum absolute atomic E-state index is 6.16. The first-order valence-electron chi connectivity index (χ1n) is 7.38. The zero-order valence-electron chi connectivity index (χ0n) is 12.5. The first kappa shape index (κ1) is 13.1. The number of nitrogens with one attached hydrogen (secondary N) is 2. The van der Waals surface area contributed by atoms with Crippen molar-refractivity contribution in [3.05, 3.63) is 47.9 Å². The molecule has 0 fully saturated rings. The number of aromatic nitrogens is 3. The lowest BCUT2D eigenvalue weighted by Crippen LogP contribution is -2.40. The molecule has 1 aromatic carbocycles. The van der Waals surface area contributed by atoms with E-state index in [1.54, 1.807) is 0 Å². The van der Waals surface area contributed by atoms with Gasteiger partial charge in [-0.1, -0.05) is 12.1 Å². The van der Waals surface area contributed by atoms with Gasteiger partial charge in [0.15, 0.2) is 5.82 Å². The average Bonchev–Trinajstić information content (AvgIpc) is 3.11. The van der Waals surface area contributed by atoms with Crippen LogP contribution in [0.15, 0.2) is 36.8 Å². The fraction of sp³-hybridized carbons (Fsp3) is 0.250. The summed E-state index contributed by atoms with van der Waals surface area (Å²) in [6.45, 7) is 4.24. The zero-order valence-corrected chi connectivity index (χ0v) is 12.5. The highest BCUT2D eigenvalue weighted by molar-refractivity contribution is 5.85. The van der Waals surface area contributed by atoms with Gasteiger partial charge in [-0.2, -0.15) is 0 Å². The van der Waals surface area contributed by atoms with Gasteiger partial charge in [0.1, 0.15) is 12.1 Å². The quantitative estimate of drug-likeness (QED) is 0.676. The molecular formula is C16H18N6. The van der Waals surface area contributed by atoms with Crippen molar-refractivity contribution in [3.8, 4) is 0 Å². The van der Waals surface area contributed by atoms with Gasteiger partial charge in [0.05, 0.1) is 11.6 Å². The Bertz CT molecular complexity index is 838. The molecule has 4 rings (SSSR count). The van der Waals surface area contributed by atoms with Crippen LogP contribution in [-0.4, -0.2) is 21.0 Å². The van der Waals surface area contributed by atoms with Crippen LogP contribution < -0.4 is 16.2 Å². The van der Waals surface area contributed by atoms with Crippen LogP contribution in [-0.2, 0) is 0 Å². The van der Waals surface area contributed by atoms with E-state index in [1.165, 1.54) is 17.3 Å². The van der Waals surface area contributed by atoms with E-state index >= 15 is 0 Å². The van der Waals surface area contributed by atoms with Crippen molar-refractivity contribution in [2.45, 2.75) is 25.9 Å². The molecule has 3 heterocycles. The third kappa shape index (κ3) is 1.77. The molecule has 2 aromatic heterocycles. The number of rotatable bonds is 2. The monoisotopic (exact) mass is 294 g/mol. The van der Waals surface area contributed by atoms with Crippen LogP contribution in [0.5, 0.6) is 0 Å². The smallest absolute Gasteiger partial charge is 0.153 e. The summed E-state index contributed by atoms with van der Waals surface area (Å²) >= 11 is 0. The third-order valence-electron chi connectivity index (χ3n) is 4.13. The van der Waals surface area contributed by atoms with E-state index < -0.39 is 0 Å². The highest BCUT2D eigenvalue weighted by atomic mass is 15.6. The molecule has 0 saturated heterocycles. The van der Waals surface area contributed by atoms with E-state index in [9.17, 15) is 0 Å². The van der Waals surface area contributed by atoms with Crippen LogP contribution in [0.25, 0.3) is 10.9 Å². The van der Waals surface area contributed by atoms with E-state index in [0.717, 1.165) is 16.9 Å². The number of hydrogen-bond acceptors (Lipinski definition) is 5. The number of anilines is 2. The molecule has 0 spiro atoms. The number of nitrogens with zero attached hydrogens (tertiary/aromatic N) is 3. The predicted molar refractivity (Wildman–Crippen MR) is 87.3 cm³/mol. The number of nitrogen functional groups attached to an aromatic ring is 1. The minimum atomic E-state index is -0.0434. The maximum atomic E-state index is 6.16. The molecule has 1 unspecified atom stereocenters. The number of aromatic amines is 1. The van der Waals surface area contributed by atoms with E-state index in [4.69, 9.17) is 5.73 Å². The van der Waals surface area contributed by atoms with Crippen LogP contribution in [0.3, 0.4) is 0 Å². The Balaban J connectivity index is 1.93. The molecule has 4 N–H and O–H groups in total. The Hall–Kier alpha value is -2.60. The summed E-state index contributed by atoms with van der Waals surface area (Å²) in [5, 5.41) is 3.24. The van der Waals surface area contributed by atoms with Crippen LogP contribution in [0.1, 0.15) is 31.0 Å². The number of hydrogen-bond donors (Lipinski definition) is 3. The Morgan fingerprint density at radius 1 is 1.23 bits per heavy atom. The molecule has 1 aliphatic heterocycles. The topological polar surface area (TPSA) is 82.9 Å². The second kappa shape index (κ2) is 4.71. The Morgan fingerprint density at radius 2 is 2.09 bits per heavy atom. The lowest BCUT2D eigenvalue weighted by atomic mass is 9.98. The summed E-state index contributed by atoms with van der Waals surface area (Å²) in [4.78, 5) is 11.9. The van der Waals surface area contributed by atoms with Crippen LogP contribution in [0.4, 0.5) is 11.6 Å². The van der Waals surface area contributed by atoms with E-state index in [2.05, 4.69) is 57.4 Å². The highest BCUT2D eigenvalue weighted by Crippen LogP contribution is 2.40. The first-order valence-corrected chi connectivity index (χ1v) is 7.38. The van der Waals surface area contributed by atoms with E-state index in [-0.39, 0.29) is 12.1 Å². The number of nitrogens with two attached hydrogens (primary N) is 1. The largest absolute Gasteiger partial charge is 0.383 e. The van der Waals surface area contributed by atoms with Crippen molar-refractivity contribution in [2.75, 3.05) is 10.7 Å². The molecule has 1 atom stereocenters. The number of H-pyrrole nitrogens is 1. The average molecular weight is 294 g/mol. The van der Waals surface area contributed by atoms with E-state index in [1.807, 2.05) is 12.3 Å². The predicted octanol–water partition coefficient (Wildman–Crippen LogP) is 2.36. The van der Waals surface area contributed by atoms with Gasteiger partial charge >= 0.3 is 0 Å². The molecule has 0 amide bonds. The summed E-state index contributed by atoms with van der Waals surface area (Å²) in [5.41, 5.74) is 12.9. The Morgan fingerprint density at radius 3 is 2.91 bits per heavy atom. The van der Waals surface area contributed by atoms with Gasteiger partial charge in [0.2, 0.25) is 0 Å². The number of benzene rings is 1. The van der Waals surface area contributed by atoms with Crippen LogP contribution in [0.2, 0.25) is 0 Å². The minimum Gasteiger partial charge on any atom is -0.383 e. The van der Waals surface area contributed by atoms with Gasteiger partial charge in [-0.3, -0.25) is 5.01 Å². The summed E-state index contributed by atoms with van der Waals surface area (Å²) in [6.07, 6.45) is 3.47. The summed E-state index contributed by atoms with van der Waals surface area (Å²) in [5.74, 6) is 1.39. The minimum absolute atomic E-state index is 0.0434. The van der Waals surface area contributed by atoms with Gasteiger partial charge in [-0.05, 0) is 31.5 Å². The van der Waals surface area contributed by atoms with Crippen molar-refractivity contribution in [1.29, 1.82) is 0 Å². The molecule has 0 aliphatic carbocycles. The Labute approximate surface area is 128 Å². The molecule has 6 heteroatoms. The van der Waals surface area contributed by atoms with Crippen molar-refractivity contribution >= 4 is 22.5 Å². The highest BCUT2D eigenvalue weighted by Gasteiger charge is 2.35. The van der Waals surface area contributed by atoms with Gasteiger partial charge < -0.3 is 10.7 Å². The van der Waals surface area contributed by atoms with E-state index in [0.29, 0.717) is 5.82 Å². The molecule has 6 nitrogen and oxygen atoms in total. The van der Waals surface area contributed by atoms with Gasteiger partial charge in [0.25, 0.3) is 0 Å². The second-order valence-electron chi connectivity index (χ2n) is 5.81. The SMILES string of the molecule is CC(C)N1NC(c2cccc3[nH]ccc23)c2c(N)ncnc21. The second-order valence-corrected chi connectivity index (χ2v) is 5.81. The molecule has 112 valence electrons. The molecule has 0 radical (unpaired) electrons. The maximum Gasteiger partial charge on any atom is 0.153 e. The lowest BCUT2D eigenvalue weighted by Gasteiger charge is -2.24. The van der Waals surface area contributed by atoms with Crippen LogP contribution >= 0.6 is 0 Å². The van der Waals surface area contributed by atoms with Crippen molar-refractivity contribution in [3.63, 3.8) is 0 Å². The Kier molecular flexibility index (Phi) is 2.80. The molecule has 22 heavy (non-hydrogen) atoms. The van der Waals surface area contributed by atoms with Gasteiger partial charge in [-0.15, -0.1) is 0 Å². The van der Waals surface area contributed by atoms with Gasteiger partial charge in [0, 0.05) is 23.1 Å². The van der Waals surface area contributed by atoms with Crippen LogP contribution in [0, 0.1) is 0 Å². The van der Waals surface area contributed by atoms with Crippen molar-refractivity contribution < 1.29 is 0 Å². The third-order valence-corrected chi connectivity index (χ3v) is 4.13. The standard InChI is InChI=1S/C16H18N6/c1-9(2)22-16-13(15(17)19-8-20-16)14(21-22)11-4-3-5-12-10(11)6-7-18-12/h3-9,14,18,21H,1-2H3,(H2,17,19,20). The van der Waals surface area contributed by atoms with Crippen molar-refractivity contribution in [2.24, 2.45) is 0 Å². The first-order chi connectivity index (χ1) is 10.7. The van der Waals surface area contributed by atoms with Crippen molar-refractivity contribution in [1.82, 2.24) is 20.4 Å². The van der Waals surface area contributed by atoms with Gasteiger partial charge in [-0.25, -0.2) is 15.4 Å². The fourth-order valence-corrected chi connectivity index (χ4v) is 3.11. The summed E-state index contributed by atoms with van der Waals surface area (Å²) < 4.78 is 0. The summed E-state index contributed by atoms with van der Waals surface area (Å²) in [6, 6.07) is 8.55. The zero-order chi connectivity index (χ0) is 15.3. The lowest BCUT2D eigenvalue weighted by molar-refractivity contribution is 0.554. The normalized spacial score (nSPS) is 17.4. The molecule has 0 bridgehead atoms. The molecular weight excluding hydrogens is 276 g/mol. The molecule has 3 aromatic rings.